The Bertz CT molecular complexity index is 612. The van der Waals surface area contributed by atoms with Crippen molar-refractivity contribution in [1.82, 2.24) is 5.32 Å². The molecular weight excluding hydrogens is 259 g/mol. The van der Waals surface area contributed by atoms with Crippen LogP contribution in [0.1, 0.15) is 15.9 Å². The number of methoxy groups -OCH3 is 1. The largest absolute Gasteiger partial charge is 0.495 e. The predicted molar refractivity (Wildman–Crippen MR) is 75.0 cm³/mol. The number of benzene rings is 2. The molecule has 5 heteroatoms. The molecule has 0 aliphatic rings. The van der Waals surface area contributed by atoms with E-state index >= 15 is 0 Å². The monoisotopic (exact) mass is 274 g/mol. The Kier molecular flexibility index (Phi) is 4.20. The molecule has 104 valence electrons. The zero-order chi connectivity index (χ0) is 14.5. The lowest BCUT2D eigenvalue weighted by atomic mass is 10.1. The first kappa shape index (κ1) is 13.9. The maximum Gasteiger partial charge on any atom is 0.251 e. The lowest BCUT2D eigenvalue weighted by Crippen LogP contribution is -2.22. The summed E-state index contributed by atoms with van der Waals surface area (Å²) in [5.74, 6) is -0.0215. The summed E-state index contributed by atoms with van der Waals surface area (Å²) in [5, 5.41) is 2.74. The zero-order valence-electron chi connectivity index (χ0n) is 11.0. The summed E-state index contributed by atoms with van der Waals surface area (Å²) in [4.78, 5) is 12.0. The van der Waals surface area contributed by atoms with E-state index in [1.54, 1.807) is 30.3 Å². The normalized spacial score (nSPS) is 10.1. The third-order valence-electron chi connectivity index (χ3n) is 2.86. The van der Waals surface area contributed by atoms with E-state index < -0.39 is 0 Å². The summed E-state index contributed by atoms with van der Waals surface area (Å²) in [6.45, 7) is 0.324. The molecule has 0 radical (unpaired) electrons. The van der Waals surface area contributed by atoms with Crippen LogP contribution in [0.25, 0.3) is 0 Å². The maximum absolute atomic E-state index is 12.8. The molecule has 2 rings (SSSR count). The van der Waals surface area contributed by atoms with E-state index in [2.05, 4.69) is 5.32 Å². The van der Waals surface area contributed by atoms with Gasteiger partial charge >= 0.3 is 0 Å². The van der Waals surface area contributed by atoms with Crippen molar-refractivity contribution in [1.29, 1.82) is 0 Å². The van der Waals surface area contributed by atoms with Gasteiger partial charge < -0.3 is 15.8 Å². The number of carbonyl (C=O) groups is 1. The topological polar surface area (TPSA) is 64.3 Å². The Morgan fingerprint density at radius 1 is 1.25 bits per heavy atom. The third kappa shape index (κ3) is 3.26. The van der Waals surface area contributed by atoms with E-state index in [4.69, 9.17) is 10.5 Å². The number of hydrogen-bond donors (Lipinski definition) is 2. The fraction of sp³-hybridized carbons (Fsp3) is 0.133. The van der Waals surface area contributed by atoms with E-state index in [-0.39, 0.29) is 11.7 Å². The number of nitrogens with one attached hydrogen (secondary N) is 1. The van der Waals surface area contributed by atoms with Gasteiger partial charge in [-0.1, -0.05) is 12.1 Å². The van der Waals surface area contributed by atoms with Gasteiger partial charge in [-0.15, -0.1) is 0 Å². The molecule has 0 saturated carbocycles. The van der Waals surface area contributed by atoms with Crippen LogP contribution in [0.5, 0.6) is 5.75 Å². The van der Waals surface area contributed by atoms with Gasteiger partial charge in [-0.3, -0.25) is 4.79 Å². The highest BCUT2D eigenvalue weighted by Crippen LogP contribution is 2.21. The summed E-state index contributed by atoms with van der Waals surface area (Å²) < 4.78 is 17.8. The Balaban J connectivity index is 2.01. The molecule has 3 N–H and O–H groups in total. The summed E-state index contributed by atoms with van der Waals surface area (Å²) in [6, 6.07) is 10.8. The zero-order valence-corrected chi connectivity index (χ0v) is 11.0. The van der Waals surface area contributed by atoms with Gasteiger partial charge in [0.25, 0.3) is 5.91 Å². The average molecular weight is 274 g/mol. The number of anilines is 1. The predicted octanol–water partition coefficient (Wildman–Crippen LogP) is 2.35. The summed E-state index contributed by atoms with van der Waals surface area (Å²) in [7, 11) is 1.51. The van der Waals surface area contributed by atoms with E-state index in [1.165, 1.54) is 19.2 Å². The second-order valence-electron chi connectivity index (χ2n) is 4.27. The van der Waals surface area contributed by atoms with Crippen LogP contribution in [-0.2, 0) is 6.54 Å². The van der Waals surface area contributed by atoms with Crippen molar-refractivity contribution < 1.29 is 13.9 Å². The van der Waals surface area contributed by atoms with Crippen LogP contribution in [0.2, 0.25) is 0 Å². The van der Waals surface area contributed by atoms with Crippen LogP contribution < -0.4 is 15.8 Å². The van der Waals surface area contributed by atoms with Crippen LogP contribution in [0.3, 0.4) is 0 Å². The van der Waals surface area contributed by atoms with E-state index in [1.807, 2.05) is 0 Å². The van der Waals surface area contributed by atoms with E-state index in [0.29, 0.717) is 23.5 Å². The molecule has 0 spiro atoms. The van der Waals surface area contributed by atoms with Crippen molar-refractivity contribution in [2.45, 2.75) is 6.54 Å². The molecule has 0 aliphatic heterocycles. The maximum atomic E-state index is 12.8. The molecule has 0 heterocycles. The van der Waals surface area contributed by atoms with E-state index in [9.17, 15) is 9.18 Å². The van der Waals surface area contributed by atoms with Gasteiger partial charge in [0, 0.05) is 12.1 Å². The number of nitrogens with two attached hydrogens (primary N) is 1. The van der Waals surface area contributed by atoms with E-state index in [0.717, 1.165) is 5.56 Å². The quantitative estimate of drug-likeness (QED) is 0.841. The Hall–Kier alpha value is -2.56. The molecule has 4 nitrogen and oxygen atoms in total. The van der Waals surface area contributed by atoms with Crippen LogP contribution in [0.15, 0.2) is 42.5 Å². The number of carbonyl (C=O) groups excluding carboxylic acids is 1. The highest BCUT2D eigenvalue weighted by molar-refractivity contribution is 5.95. The number of amides is 1. The number of ether oxygens (including phenoxy) is 1. The van der Waals surface area contributed by atoms with Crippen molar-refractivity contribution in [3.05, 3.63) is 59.4 Å². The second kappa shape index (κ2) is 6.06. The molecule has 0 aliphatic carbocycles. The summed E-state index contributed by atoms with van der Waals surface area (Å²) in [5.41, 5.74) is 7.42. The van der Waals surface area contributed by atoms with Gasteiger partial charge in [0.15, 0.2) is 0 Å². The van der Waals surface area contributed by atoms with Crippen molar-refractivity contribution >= 4 is 11.6 Å². The van der Waals surface area contributed by atoms with Crippen LogP contribution >= 0.6 is 0 Å². The van der Waals surface area contributed by atoms with Gasteiger partial charge in [-0.05, 0) is 35.9 Å². The minimum Gasteiger partial charge on any atom is -0.495 e. The standard InChI is InChI=1S/C15H15FN2O2/c1-20-14-7-4-11(8-13(14)17)15(19)18-9-10-2-5-12(16)6-3-10/h2-8H,9,17H2,1H3,(H,18,19). The van der Waals surface area contributed by atoms with Crippen molar-refractivity contribution in [3.8, 4) is 5.75 Å². The molecule has 0 unspecified atom stereocenters. The first-order valence-electron chi connectivity index (χ1n) is 6.06. The first-order valence-corrected chi connectivity index (χ1v) is 6.06. The van der Waals surface area contributed by atoms with Gasteiger partial charge in [-0.2, -0.15) is 0 Å². The van der Waals surface area contributed by atoms with Crippen molar-refractivity contribution in [3.63, 3.8) is 0 Å². The number of halogens is 1. The molecule has 2 aromatic carbocycles. The third-order valence-corrected chi connectivity index (χ3v) is 2.86. The molecule has 2 aromatic rings. The number of nitrogen functional groups attached to an aromatic ring is 1. The smallest absolute Gasteiger partial charge is 0.251 e. The average Bonchev–Trinajstić information content (AvgIpc) is 2.46. The Labute approximate surface area is 116 Å². The SMILES string of the molecule is COc1ccc(C(=O)NCc2ccc(F)cc2)cc1N. The molecule has 0 bridgehead atoms. The van der Waals surface area contributed by atoms with Gasteiger partial charge in [0.2, 0.25) is 0 Å². The second-order valence-corrected chi connectivity index (χ2v) is 4.27. The van der Waals surface area contributed by atoms with Crippen LogP contribution in [0.4, 0.5) is 10.1 Å². The molecular formula is C15H15FN2O2. The number of rotatable bonds is 4. The van der Waals surface area contributed by atoms with Crippen molar-refractivity contribution in [2.24, 2.45) is 0 Å². The molecule has 0 fully saturated rings. The molecule has 1 amide bonds. The Morgan fingerprint density at radius 3 is 2.55 bits per heavy atom. The first-order chi connectivity index (χ1) is 9.60. The number of hydrogen-bond acceptors (Lipinski definition) is 3. The fourth-order valence-corrected chi connectivity index (χ4v) is 1.76. The molecule has 0 saturated heterocycles. The minimum atomic E-state index is -0.303. The minimum absolute atomic E-state index is 0.247. The lowest BCUT2D eigenvalue weighted by Gasteiger charge is -2.08. The van der Waals surface area contributed by atoms with Crippen LogP contribution in [0, 0.1) is 5.82 Å². The van der Waals surface area contributed by atoms with Gasteiger partial charge in [0.05, 0.1) is 12.8 Å². The van der Waals surface area contributed by atoms with Gasteiger partial charge in [0.1, 0.15) is 11.6 Å². The van der Waals surface area contributed by atoms with Gasteiger partial charge in [-0.25, -0.2) is 4.39 Å². The summed E-state index contributed by atoms with van der Waals surface area (Å²) in [6.07, 6.45) is 0. The Morgan fingerprint density at radius 2 is 1.95 bits per heavy atom. The summed E-state index contributed by atoms with van der Waals surface area (Å²) >= 11 is 0. The highest BCUT2D eigenvalue weighted by atomic mass is 19.1. The lowest BCUT2D eigenvalue weighted by molar-refractivity contribution is 0.0951. The van der Waals surface area contributed by atoms with Crippen LogP contribution in [-0.4, -0.2) is 13.0 Å². The molecule has 0 atom stereocenters. The fourth-order valence-electron chi connectivity index (χ4n) is 1.76. The highest BCUT2D eigenvalue weighted by Gasteiger charge is 2.08. The van der Waals surface area contributed by atoms with Crippen molar-refractivity contribution in [2.75, 3.05) is 12.8 Å². The molecule has 20 heavy (non-hydrogen) atoms. The molecule has 0 aromatic heterocycles.